The van der Waals surface area contributed by atoms with Gasteiger partial charge < -0.3 is 10.8 Å². The highest BCUT2D eigenvalue weighted by atomic mass is 19.1. The number of aliphatic hydroxyl groups excluding tert-OH is 1. The van der Waals surface area contributed by atoms with Crippen LogP contribution in [-0.2, 0) is 0 Å². The second-order valence-corrected chi connectivity index (χ2v) is 2.46. The molecular formula is C8H10FNO. The van der Waals surface area contributed by atoms with E-state index in [0.29, 0.717) is 5.56 Å². The van der Waals surface area contributed by atoms with Crippen molar-refractivity contribution < 1.29 is 9.50 Å². The SMILES string of the molecule is C[C@@H](O)c1ccc(F)c(N)c1. The highest BCUT2D eigenvalue weighted by Gasteiger charge is 2.03. The molecule has 0 saturated heterocycles. The smallest absolute Gasteiger partial charge is 0.146 e. The minimum Gasteiger partial charge on any atom is -0.396 e. The number of hydrogen-bond donors (Lipinski definition) is 2. The maximum atomic E-state index is 12.6. The zero-order valence-corrected chi connectivity index (χ0v) is 6.21. The second-order valence-electron chi connectivity index (χ2n) is 2.46. The van der Waals surface area contributed by atoms with Crippen molar-refractivity contribution in [3.8, 4) is 0 Å². The Morgan fingerprint density at radius 2 is 2.18 bits per heavy atom. The molecule has 0 aliphatic rings. The van der Waals surface area contributed by atoms with Crippen molar-refractivity contribution in [1.29, 1.82) is 0 Å². The van der Waals surface area contributed by atoms with Crippen LogP contribution in [-0.4, -0.2) is 5.11 Å². The Labute approximate surface area is 64.5 Å². The van der Waals surface area contributed by atoms with Gasteiger partial charge in [-0.1, -0.05) is 6.07 Å². The molecule has 0 aromatic heterocycles. The highest BCUT2D eigenvalue weighted by Crippen LogP contribution is 2.17. The highest BCUT2D eigenvalue weighted by molar-refractivity contribution is 5.42. The van der Waals surface area contributed by atoms with E-state index in [0.717, 1.165) is 0 Å². The first-order chi connectivity index (χ1) is 5.11. The largest absolute Gasteiger partial charge is 0.396 e. The first-order valence-electron chi connectivity index (χ1n) is 3.34. The van der Waals surface area contributed by atoms with Gasteiger partial charge in [0.15, 0.2) is 0 Å². The fourth-order valence-electron chi connectivity index (χ4n) is 0.822. The molecule has 0 spiro atoms. The van der Waals surface area contributed by atoms with Gasteiger partial charge >= 0.3 is 0 Å². The molecule has 60 valence electrons. The lowest BCUT2D eigenvalue weighted by atomic mass is 10.1. The molecule has 3 N–H and O–H groups in total. The van der Waals surface area contributed by atoms with Crippen molar-refractivity contribution in [2.24, 2.45) is 0 Å². The van der Waals surface area contributed by atoms with Crippen LogP contribution < -0.4 is 5.73 Å². The second kappa shape index (κ2) is 2.88. The normalized spacial score (nSPS) is 13.0. The van der Waals surface area contributed by atoms with Crippen LogP contribution in [0.1, 0.15) is 18.6 Å². The van der Waals surface area contributed by atoms with Gasteiger partial charge in [-0.25, -0.2) is 4.39 Å². The molecule has 0 aliphatic carbocycles. The predicted molar refractivity (Wildman–Crippen MR) is 41.4 cm³/mol. The molecule has 0 radical (unpaired) electrons. The molecule has 0 fully saturated rings. The molecule has 0 heterocycles. The Bertz CT molecular complexity index is 260. The van der Waals surface area contributed by atoms with Crippen LogP contribution in [0.5, 0.6) is 0 Å². The van der Waals surface area contributed by atoms with Gasteiger partial charge in [-0.2, -0.15) is 0 Å². The standard InChI is InChI=1S/C8H10FNO/c1-5(11)6-2-3-7(9)8(10)4-6/h2-5,11H,10H2,1H3/t5-/m1/s1. The Balaban J connectivity index is 3.05. The molecule has 0 aliphatic heterocycles. The van der Waals surface area contributed by atoms with Crippen LogP contribution in [0.4, 0.5) is 10.1 Å². The summed E-state index contributed by atoms with van der Waals surface area (Å²) >= 11 is 0. The van der Waals surface area contributed by atoms with E-state index in [1.807, 2.05) is 0 Å². The van der Waals surface area contributed by atoms with Crippen LogP contribution in [0.15, 0.2) is 18.2 Å². The Hall–Kier alpha value is -1.09. The summed E-state index contributed by atoms with van der Waals surface area (Å²) in [6, 6.07) is 4.19. The molecule has 3 heteroatoms. The monoisotopic (exact) mass is 155 g/mol. The fourth-order valence-corrected chi connectivity index (χ4v) is 0.822. The fraction of sp³-hybridized carbons (Fsp3) is 0.250. The average molecular weight is 155 g/mol. The predicted octanol–water partition coefficient (Wildman–Crippen LogP) is 1.46. The van der Waals surface area contributed by atoms with Crippen LogP contribution in [0.25, 0.3) is 0 Å². The van der Waals surface area contributed by atoms with Crippen LogP contribution in [0, 0.1) is 5.82 Å². The zero-order chi connectivity index (χ0) is 8.43. The van der Waals surface area contributed by atoms with E-state index < -0.39 is 11.9 Å². The van der Waals surface area contributed by atoms with Gasteiger partial charge in [0.1, 0.15) is 5.82 Å². The molecular weight excluding hydrogens is 145 g/mol. The molecule has 0 unspecified atom stereocenters. The van der Waals surface area contributed by atoms with E-state index in [1.54, 1.807) is 6.92 Å². The van der Waals surface area contributed by atoms with Gasteiger partial charge in [0.2, 0.25) is 0 Å². The maximum Gasteiger partial charge on any atom is 0.146 e. The summed E-state index contributed by atoms with van der Waals surface area (Å²) in [6.07, 6.45) is -0.599. The molecule has 0 bridgehead atoms. The molecule has 1 rings (SSSR count). The number of halogens is 1. The summed E-state index contributed by atoms with van der Waals surface area (Å²) in [6.45, 7) is 1.60. The van der Waals surface area contributed by atoms with Gasteiger partial charge in [0.05, 0.1) is 11.8 Å². The molecule has 1 atom stereocenters. The lowest BCUT2D eigenvalue weighted by Gasteiger charge is -2.04. The van der Waals surface area contributed by atoms with Crippen LogP contribution in [0.2, 0.25) is 0 Å². The minimum absolute atomic E-state index is 0.0726. The van der Waals surface area contributed by atoms with Crippen molar-refractivity contribution in [2.45, 2.75) is 13.0 Å². The third-order valence-corrected chi connectivity index (χ3v) is 1.50. The van der Waals surface area contributed by atoms with Crippen molar-refractivity contribution in [3.05, 3.63) is 29.6 Å². The van der Waals surface area contributed by atoms with Crippen molar-refractivity contribution in [3.63, 3.8) is 0 Å². The number of hydrogen-bond acceptors (Lipinski definition) is 2. The van der Waals surface area contributed by atoms with Gasteiger partial charge in [-0.15, -0.1) is 0 Å². The van der Waals surface area contributed by atoms with Crippen molar-refractivity contribution >= 4 is 5.69 Å². The Morgan fingerprint density at radius 1 is 1.55 bits per heavy atom. The molecule has 0 amide bonds. The number of nitrogen functional groups attached to an aromatic ring is 1. The van der Waals surface area contributed by atoms with Gasteiger partial charge in [0.25, 0.3) is 0 Å². The third kappa shape index (κ3) is 1.68. The summed E-state index contributed by atoms with van der Waals surface area (Å²) < 4.78 is 12.6. The number of benzene rings is 1. The topological polar surface area (TPSA) is 46.2 Å². The third-order valence-electron chi connectivity index (χ3n) is 1.50. The maximum absolute atomic E-state index is 12.6. The Kier molecular flexibility index (Phi) is 2.10. The number of nitrogens with two attached hydrogens (primary N) is 1. The van der Waals surface area contributed by atoms with Gasteiger partial charge in [-0.3, -0.25) is 0 Å². The van der Waals surface area contributed by atoms with E-state index in [9.17, 15) is 4.39 Å². The number of anilines is 1. The first-order valence-corrected chi connectivity index (χ1v) is 3.34. The lowest BCUT2D eigenvalue weighted by Crippen LogP contribution is -1.95. The van der Waals surface area contributed by atoms with Crippen molar-refractivity contribution in [2.75, 3.05) is 5.73 Å². The van der Waals surface area contributed by atoms with Crippen molar-refractivity contribution in [1.82, 2.24) is 0 Å². The summed E-state index contributed by atoms with van der Waals surface area (Å²) in [5.74, 6) is -0.450. The Morgan fingerprint density at radius 3 is 2.64 bits per heavy atom. The van der Waals surface area contributed by atoms with Gasteiger partial charge in [0, 0.05) is 0 Å². The quantitative estimate of drug-likeness (QED) is 0.603. The molecule has 2 nitrogen and oxygen atoms in total. The van der Waals surface area contributed by atoms with E-state index >= 15 is 0 Å². The first kappa shape index (κ1) is 8.01. The van der Waals surface area contributed by atoms with Gasteiger partial charge in [-0.05, 0) is 24.6 Å². The number of rotatable bonds is 1. The lowest BCUT2D eigenvalue weighted by molar-refractivity contribution is 0.199. The summed E-state index contributed by atoms with van der Waals surface area (Å²) in [7, 11) is 0. The molecule has 1 aromatic carbocycles. The van der Waals surface area contributed by atoms with E-state index in [4.69, 9.17) is 10.8 Å². The van der Waals surface area contributed by atoms with E-state index in [2.05, 4.69) is 0 Å². The molecule has 1 aromatic rings. The van der Waals surface area contributed by atoms with E-state index in [1.165, 1.54) is 18.2 Å². The van der Waals surface area contributed by atoms with Crippen LogP contribution >= 0.6 is 0 Å². The summed E-state index contributed by atoms with van der Waals surface area (Å²) in [4.78, 5) is 0. The number of aliphatic hydroxyl groups is 1. The summed E-state index contributed by atoms with van der Waals surface area (Å²) in [5, 5.41) is 9.06. The molecule has 11 heavy (non-hydrogen) atoms. The van der Waals surface area contributed by atoms with Crippen LogP contribution in [0.3, 0.4) is 0 Å². The van der Waals surface area contributed by atoms with E-state index in [-0.39, 0.29) is 5.69 Å². The molecule has 0 saturated carbocycles. The minimum atomic E-state index is -0.599. The zero-order valence-electron chi connectivity index (χ0n) is 6.21. The average Bonchev–Trinajstić information content (AvgIpc) is 1.94. The summed E-state index contributed by atoms with van der Waals surface area (Å²) in [5.41, 5.74) is 5.97.